The van der Waals surface area contributed by atoms with E-state index in [0.29, 0.717) is 12.2 Å². The average Bonchev–Trinajstić information content (AvgIpc) is 3.18. The molecule has 10 heteroatoms. The van der Waals surface area contributed by atoms with Crippen LogP contribution >= 0.6 is 0 Å². The highest BCUT2D eigenvalue weighted by molar-refractivity contribution is 5.84. The van der Waals surface area contributed by atoms with Crippen molar-refractivity contribution in [1.82, 2.24) is 5.32 Å². The van der Waals surface area contributed by atoms with E-state index in [4.69, 9.17) is 15.2 Å². The number of aromatic hydroxyl groups is 2. The van der Waals surface area contributed by atoms with Crippen molar-refractivity contribution in [1.29, 1.82) is 0 Å². The molecule has 4 rings (SSSR count). The monoisotopic (exact) mass is 350 g/mol. The van der Waals surface area contributed by atoms with Gasteiger partial charge in [0.2, 0.25) is 0 Å². The third kappa shape index (κ3) is 1.78. The highest BCUT2D eigenvalue weighted by Crippen LogP contribution is 2.63. The van der Waals surface area contributed by atoms with Gasteiger partial charge in [0.1, 0.15) is 12.4 Å². The summed E-state index contributed by atoms with van der Waals surface area (Å²) in [5.41, 5.74) is 4.71. The molecule has 0 unspecified atom stereocenters. The molecule has 3 aliphatic heterocycles. The number of benzene rings is 1. The van der Waals surface area contributed by atoms with Crippen LogP contribution in [0.1, 0.15) is 17.0 Å². The number of phenolic OH excluding ortho intramolecular Hbond substituents is 2. The number of nitrogens with two attached hydrogens (primary N) is 1. The molecule has 0 bridgehead atoms. The largest absolute Gasteiger partial charge is 0.505 e. The summed E-state index contributed by atoms with van der Waals surface area (Å²) in [6.45, 7) is 1.87. The molecule has 3 heterocycles. The molecular weight excluding hydrogens is 332 g/mol. The number of primary amides is 1. The van der Waals surface area contributed by atoms with E-state index in [1.807, 2.05) is 4.90 Å². The number of carbonyl (C=O) groups excluding carboxylic acids is 1. The van der Waals surface area contributed by atoms with Crippen molar-refractivity contribution in [2.24, 2.45) is 10.9 Å². The first kappa shape index (κ1) is 15.9. The van der Waals surface area contributed by atoms with E-state index in [9.17, 15) is 19.9 Å². The van der Waals surface area contributed by atoms with Crippen LogP contribution < -0.4 is 16.0 Å². The Morgan fingerprint density at radius 3 is 2.80 bits per heavy atom. The first-order valence-electron chi connectivity index (χ1n) is 7.81. The van der Waals surface area contributed by atoms with Gasteiger partial charge in [0.15, 0.2) is 17.2 Å². The Bertz CT molecular complexity index is 799. The Hall–Kier alpha value is -2.59. The van der Waals surface area contributed by atoms with E-state index in [1.54, 1.807) is 0 Å². The van der Waals surface area contributed by atoms with Crippen LogP contribution in [0, 0.1) is 11.8 Å². The quantitative estimate of drug-likeness (QED) is 0.347. The first-order valence-corrected chi connectivity index (χ1v) is 7.81. The molecule has 5 N–H and O–H groups in total. The molecule has 1 aromatic carbocycles. The average molecular weight is 350 g/mol. The lowest BCUT2D eigenvalue weighted by Crippen LogP contribution is -2.54. The van der Waals surface area contributed by atoms with Crippen molar-refractivity contribution in [3.63, 3.8) is 0 Å². The number of phenols is 2. The summed E-state index contributed by atoms with van der Waals surface area (Å²) >= 11 is 0. The van der Waals surface area contributed by atoms with Crippen LogP contribution in [0.3, 0.4) is 0 Å². The lowest BCUT2D eigenvalue weighted by molar-refractivity contribution is -0.0337. The lowest BCUT2D eigenvalue weighted by Gasteiger charge is -2.38. The summed E-state index contributed by atoms with van der Waals surface area (Å²) in [6.07, 6.45) is -0.964. The number of hydrogen-bond acceptors (Lipinski definition) is 9. The molecule has 1 aromatic rings. The number of nitrogens with one attached hydrogen (secondary N) is 1. The fourth-order valence-corrected chi connectivity index (χ4v) is 4.42. The minimum atomic E-state index is -0.967. The van der Waals surface area contributed by atoms with Gasteiger partial charge in [0, 0.05) is 30.8 Å². The van der Waals surface area contributed by atoms with Gasteiger partial charge in [-0.25, -0.2) is 4.79 Å². The summed E-state index contributed by atoms with van der Waals surface area (Å²) in [5, 5.41) is 27.4. The number of nitroso groups, excluding NO2 is 1. The summed E-state index contributed by atoms with van der Waals surface area (Å²) in [7, 11) is 1.51. The number of nitrogens with zero attached hydrogens (tertiary/aromatic N) is 2. The molecule has 10 nitrogen and oxygen atoms in total. The van der Waals surface area contributed by atoms with Gasteiger partial charge in [0.25, 0.3) is 0 Å². The zero-order valence-corrected chi connectivity index (χ0v) is 13.6. The minimum absolute atomic E-state index is 0.0712. The zero-order chi connectivity index (χ0) is 18.1. The van der Waals surface area contributed by atoms with Crippen molar-refractivity contribution in [3.05, 3.63) is 16.0 Å². The van der Waals surface area contributed by atoms with Crippen LogP contribution in [0.2, 0.25) is 0 Å². The number of hydrogen-bond donors (Lipinski definition) is 4. The van der Waals surface area contributed by atoms with Crippen molar-refractivity contribution in [2.75, 3.05) is 25.2 Å². The van der Waals surface area contributed by atoms with Crippen molar-refractivity contribution >= 4 is 17.5 Å². The molecule has 0 spiro atoms. The molecule has 0 aliphatic carbocycles. The second-order valence-electron chi connectivity index (χ2n) is 6.52. The number of carbonyl (C=O) groups is 1. The first-order chi connectivity index (χ1) is 11.9. The number of amides is 1. The Morgan fingerprint density at radius 2 is 2.20 bits per heavy atom. The highest BCUT2D eigenvalue weighted by Gasteiger charge is 2.71. The van der Waals surface area contributed by atoms with Crippen LogP contribution in [0.15, 0.2) is 5.18 Å². The molecule has 2 saturated heterocycles. The standard InChI is InChI=1S/C15H18N4O6/c1-5-9(18-23)12(21)8-6(4-25-14(16)22)15(24-2)13-7(17-13)3-19(15)10(8)11(5)20/h6-7,13,17,20-21H,3-4H2,1-2H3,(H2,16,22)/t6-,7+,13-,15-/m1/s1. The normalized spacial score (nSPS) is 31.3. The van der Waals surface area contributed by atoms with Gasteiger partial charge in [-0.3, -0.25) is 0 Å². The topological polar surface area (TPSA) is 157 Å². The van der Waals surface area contributed by atoms with Crippen molar-refractivity contribution in [2.45, 2.75) is 30.7 Å². The van der Waals surface area contributed by atoms with Crippen LogP contribution in [-0.2, 0) is 9.47 Å². The SMILES string of the molecule is CO[C@@]12[C@H](COC(N)=O)c3c(O)c(N=O)c(C)c(O)c3N1C[C@@H]1N[C@H]12. The van der Waals surface area contributed by atoms with Gasteiger partial charge in [0.05, 0.1) is 17.6 Å². The summed E-state index contributed by atoms with van der Waals surface area (Å²) < 4.78 is 10.8. The predicted octanol–water partition coefficient (Wildman–Crippen LogP) is 0.500. The van der Waals surface area contributed by atoms with E-state index >= 15 is 0 Å². The Morgan fingerprint density at radius 1 is 1.48 bits per heavy atom. The molecule has 0 radical (unpaired) electrons. The number of fused-ring (bicyclic) bond motifs is 5. The summed E-state index contributed by atoms with van der Waals surface area (Å²) in [5.74, 6) is -1.15. The van der Waals surface area contributed by atoms with E-state index in [-0.39, 0.29) is 47.0 Å². The number of piperazine rings is 1. The minimum Gasteiger partial charge on any atom is -0.505 e. The number of rotatable bonds is 4. The fourth-order valence-electron chi connectivity index (χ4n) is 4.42. The van der Waals surface area contributed by atoms with E-state index in [0.717, 1.165) is 0 Å². The maximum atomic E-state index is 11.2. The third-order valence-electron chi connectivity index (χ3n) is 5.53. The third-order valence-corrected chi connectivity index (χ3v) is 5.53. The molecule has 0 aromatic heterocycles. The molecule has 134 valence electrons. The molecule has 25 heavy (non-hydrogen) atoms. The van der Waals surface area contributed by atoms with E-state index in [1.165, 1.54) is 14.0 Å². The van der Waals surface area contributed by atoms with Gasteiger partial charge in [-0.2, -0.15) is 0 Å². The summed E-state index contributed by atoms with van der Waals surface area (Å²) in [6, 6.07) is 0.0908. The number of anilines is 1. The lowest BCUT2D eigenvalue weighted by atomic mass is 9.88. The molecule has 1 amide bonds. The molecule has 4 atom stereocenters. The smallest absolute Gasteiger partial charge is 0.404 e. The second-order valence-corrected chi connectivity index (χ2v) is 6.52. The zero-order valence-electron chi connectivity index (χ0n) is 13.6. The van der Waals surface area contributed by atoms with Crippen LogP contribution in [-0.4, -0.2) is 54.4 Å². The molecular formula is C15H18N4O6. The number of methoxy groups -OCH3 is 1. The van der Waals surface area contributed by atoms with Crippen molar-refractivity contribution in [3.8, 4) is 11.5 Å². The van der Waals surface area contributed by atoms with Gasteiger partial charge in [-0.15, -0.1) is 4.91 Å². The maximum absolute atomic E-state index is 11.2. The summed E-state index contributed by atoms with van der Waals surface area (Å²) in [4.78, 5) is 24.1. The highest BCUT2D eigenvalue weighted by atomic mass is 16.6. The predicted molar refractivity (Wildman–Crippen MR) is 86.0 cm³/mol. The van der Waals surface area contributed by atoms with E-state index < -0.39 is 17.7 Å². The van der Waals surface area contributed by atoms with Gasteiger partial charge in [-0.05, 0) is 12.1 Å². The molecule has 2 fully saturated rings. The van der Waals surface area contributed by atoms with Gasteiger partial charge < -0.3 is 35.6 Å². The Labute approximate surface area is 142 Å². The maximum Gasteiger partial charge on any atom is 0.404 e. The molecule has 3 aliphatic rings. The molecule has 0 saturated carbocycles. The fraction of sp³-hybridized carbons (Fsp3) is 0.533. The Balaban J connectivity index is 1.95. The second kappa shape index (κ2) is 4.96. The Kier molecular flexibility index (Phi) is 3.16. The van der Waals surface area contributed by atoms with Gasteiger partial charge in [-0.1, -0.05) is 0 Å². The van der Waals surface area contributed by atoms with E-state index in [2.05, 4.69) is 10.5 Å². The number of ether oxygens (including phenoxy) is 2. The van der Waals surface area contributed by atoms with Crippen LogP contribution in [0.25, 0.3) is 0 Å². The van der Waals surface area contributed by atoms with Crippen LogP contribution in [0.5, 0.6) is 11.5 Å². The van der Waals surface area contributed by atoms with Crippen LogP contribution in [0.4, 0.5) is 16.2 Å². The van der Waals surface area contributed by atoms with Gasteiger partial charge >= 0.3 is 6.09 Å². The van der Waals surface area contributed by atoms with Crippen molar-refractivity contribution < 1.29 is 24.5 Å².